The molecule has 0 aromatic heterocycles. The highest BCUT2D eigenvalue weighted by molar-refractivity contribution is 5.66. The highest BCUT2D eigenvalue weighted by atomic mass is 14.3. The van der Waals surface area contributed by atoms with Crippen molar-refractivity contribution in [2.45, 2.75) is 13.3 Å². The van der Waals surface area contributed by atoms with Crippen LogP contribution in [0.5, 0.6) is 0 Å². The van der Waals surface area contributed by atoms with Gasteiger partial charge in [-0.3, -0.25) is 0 Å². The normalized spacial score (nSPS) is 23.9. The van der Waals surface area contributed by atoms with Gasteiger partial charge in [-0.15, -0.1) is 0 Å². The molecule has 0 heteroatoms. The third kappa shape index (κ3) is 2.50. The lowest BCUT2D eigenvalue weighted by Gasteiger charge is -2.21. The molecule has 0 amide bonds. The monoisotopic (exact) mass is 272 g/mol. The summed E-state index contributed by atoms with van der Waals surface area (Å²) in [7, 11) is 0. The first kappa shape index (κ1) is 13.6. The van der Waals surface area contributed by atoms with Gasteiger partial charge in [0.15, 0.2) is 0 Å². The maximum atomic E-state index is 3.70. The van der Waals surface area contributed by atoms with Crippen LogP contribution in [0.4, 0.5) is 0 Å². The zero-order valence-electron chi connectivity index (χ0n) is 12.4. The van der Waals surface area contributed by atoms with E-state index in [9.17, 15) is 0 Å². The van der Waals surface area contributed by atoms with Crippen molar-refractivity contribution in [1.29, 1.82) is 0 Å². The molecule has 0 heterocycles. The molecule has 0 aromatic rings. The Balaban J connectivity index is 2.04. The van der Waals surface area contributed by atoms with Gasteiger partial charge in [-0.05, 0) is 41.2 Å². The van der Waals surface area contributed by atoms with Gasteiger partial charge in [0.05, 0.1) is 0 Å². The van der Waals surface area contributed by atoms with E-state index < -0.39 is 0 Å². The van der Waals surface area contributed by atoms with Crippen LogP contribution in [0.25, 0.3) is 0 Å². The van der Waals surface area contributed by atoms with E-state index in [-0.39, 0.29) is 0 Å². The molecule has 0 aromatic carbocycles. The molecule has 0 nitrogen and oxygen atoms in total. The third-order valence-electron chi connectivity index (χ3n) is 4.20. The SMILES string of the molecule is C=C/C=C\C=C/C1=C(C)C2=C3C(=CC=CC=C2)CC=CC13. The van der Waals surface area contributed by atoms with E-state index in [0.717, 1.165) is 6.42 Å². The second kappa shape index (κ2) is 5.97. The van der Waals surface area contributed by atoms with Crippen LogP contribution in [0.2, 0.25) is 0 Å². The Kier molecular flexibility index (Phi) is 3.87. The molecule has 0 saturated carbocycles. The Labute approximate surface area is 127 Å². The largest absolute Gasteiger partial charge is 0.0991 e. The quantitative estimate of drug-likeness (QED) is 0.467. The number of hydrogen-bond acceptors (Lipinski definition) is 0. The summed E-state index contributed by atoms with van der Waals surface area (Å²) >= 11 is 0. The Hall–Kier alpha value is -2.34. The van der Waals surface area contributed by atoms with E-state index in [1.807, 2.05) is 12.2 Å². The number of hydrogen-bond donors (Lipinski definition) is 0. The predicted octanol–water partition coefficient (Wildman–Crippen LogP) is 5.54. The van der Waals surface area contributed by atoms with Crippen LogP contribution in [0.3, 0.4) is 0 Å². The molecule has 0 fully saturated rings. The Morgan fingerprint density at radius 3 is 2.90 bits per heavy atom. The average Bonchev–Trinajstić information content (AvgIpc) is 2.73. The van der Waals surface area contributed by atoms with Crippen molar-refractivity contribution >= 4 is 0 Å². The Bertz CT molecular complexity index is 694. The van der Waals surface area contributed by atoms with Gasteiger partial charge in [-0.1, -0.05) is 79.5 Å². The zero-order chi connectivity index (χ0) is 14.7. The van der Waals surface area contributed by atoms with E-state index in [0.29, 0.717) is 5.92 Å². The highest BCUT2D eigenvalue weighted by Crippen LogP contribution is 2.46. The summed E-state index contributed by atoms with van der Waals surface area (Å²) in [5.74, 6) is 0.407. The van der Waals surface area contributed by atoms with Crippen molar-refractivity contribution < 1.29 is 0 Å². The molecular weight excluding hydrogens is 252 g/mol. The first-order valence-electron chi connectivity index (χ1n) is 7.45. The van der Waals surface area contributed by atoms with Gasteiger partial charge in [0.2, 0.25) is 0 Å². The molecule has 0 saturated heterocycles. The number of rotatable bonds is 3. The van der Waals surface area contributed by atoms with Gasteiger partial charge in [0.1, 0.15) is 0 Å². The van der Waals surface area contributed by atoms with Crippen LogP contribution in [0.15, 0.2) is 107 Å². The molecule has 104 valence electrons. The van der Waals surface area contributed by atoms with Gasteiger partial charge >= 0.3 is 0 Å². The highest BCUT2D eigenvalue weighted by Gasteiger charge is 2.31. The fraction of sp³-hybridized carbons (Fsp3) is 0.143. The van der Waals surface area contributed by atoms with Crippen LogP contribution >= 0.6 is 0 Å². The second-order valence-electron chi connectivity index (χ2n) is 5.43. The lowest BCUT2D eigenvalue weighted by atomic mass is 9.82. The van der Waals surface area contributed by atoms with Crippen molar-refractivity contribution in [2.24, 2.45) is 5.92 Å². The molecule has 3 aliphatic rings. The van der Waals surface area contributed by atoms with Gasteiger partial charge < -0.3 is 0 Å². The van der Waals surface area contributed by atoms with Crippen molar-refractivity contribution in [3.63, 3.8) is 0 Å². The fourth-order valence-electron chi connectivity index (χ4n) is 3.22. The standard InChI is InChI=1S/C21H20/c1-3-4-5-8-13-18-16(2)19-14-9-6-7-11-17-12-10-15-20(18)21(17)19/h3-11,13-15,20H,1,12H2,2H3/b5-4-,7-6?,9-6?,11-7?,13-8-,14-9?,17-11?,19-14?. The smallest absolute Gasteiger partial charge is 0.0281 e. The molecule has 21 heavy (non-hydrogen) atoms. The van der Waals surface area contributed by atoms with Crippen molar-refractivity contribution in [3.8, 4) is 0 Å². The first-order chi connectivity index (χ1) is 10.3. The molecule has 1 atom stereocenters. The minimum Gasteiger partial charge on any atom is -0.0991 e. The second-order valence-corrected chi connectivity index (χ2v) is 5.43. The third-order valence-corrected chi connectivity index (χ3v) is 4.20. The molecule has 0 radical (unpaired) electrons. The summed E-state index contributed by atoms with van der Waals surface area (Å²) in [6, 6.07) is 0. The average molecular weight is 272 g/mol. The summed E-state index contributed by atoms with van der Waals surface area (Å²) in [5.41, 5.74) is 7.13. The van der Waals surface area contributed by atoms with E-state index in [1.54, 1.807) is 6.08 Å². The minimum atomic E-state index is 0.407. The summed E-state index contributed by atoms with van der Waals surface area (Å²) in [5, 5.41) is 0. The van der Waals surface area contributed by atoms with Crippen LogP contribution in [0, 0.1) is 5.92 Å². The molecular formula is C21H20. The summed E-state index contributed by atoms with van der Waals surface area (Å²) in [6.45, 7) is 5.93. The van der Waals surface area contributed by atoms with Gasteiger partial charge in [0.25, 0.3) is 0 Å². The van der Waals surface area contributed by atoms with Crippen molar-refractivity contribution in [3.05, 3.63) is 107 Å². The maximum absolute atomic E-state index is 3.70. The summed E-state index contributed by atoms with van der Waals surface area (Å²) in [6.07, 6.45) is 26.7. The Morgan fingerprint density at radius 2 is 2.05 bits per heavy atom. The summed E-state index contributed by atoms with van der Waals surface area (Å²) in [4.78, 5) is 0. The molecule has 3 aliphatic carbocycles. The van der Waals surface area contributed by atoms with E-state index in [1.165, 1.54) is 27.9 Å². The van der Waals surface area contributed by atoms with Crippen molar-refractivity contribution in [1.82, 2.24) is 0 Å². The van der Waals surface area contributed by atoms with Gasteiger partial charge in [-0.2, -0.15) is 0 Å². The fourth-order valence-corrected chi connectivity index (χ4v) is 3.22. The van der Waals surface area contributed by atoms with Gasteiger partial charge in [-0.25, -0.2) is 0 Å². The maximum Gasteiger partial charge on any atom is 0.0281 e. The molecule has 3 rings (SSSR count). The lowest BCUT2D eigenvalue weighted by Crippen LogP contribution is -2.07. The molecule has 0 spiro atoms. The van der Waals surface area contributed by atoms with Gasteiger partial charge in [0, 0.05) is 5.92 Å². The van der Waals surface area contributed by atoms with Crippen LogP contribution in [-0.2, 0) is 0 Å². The topological polar surface area (TPSA) is 0 Å². The molecule has 0 aliphatic heterocycles. The van der Waals surface area contributed by atoms with E-state index in [4.69, 9.17) is 0 Å². The van der Waals surface area contributed by atoms with Crippen LogP contribution < -0.4 is 0 Å². The minimum absolute atomic E-state index is 0.407. The molecule has 1 unspecified atom stereocenters. The Morgan fingerprint density at radius 1 is 1.14 bits per heavy atom. The molecule has 0 bridgehead atoms. The van der Waals surface area contributed by atoms with Crippen LogP contribution in [0.1, 0.15) is 13.3 Å². The first-order valence-corrected chi connectivity index (χ1v) is 7.45. The summed E-state index contributed by atoms with van der Waals surface area (Å²) < 4.78 is 0. The zero-order valence-corrected chi connectivity index (χ0v) is 12.4. The van der Waals surface area contributed by atoms with Crippen LogP contribution in [-0.4, -0.2) is 0 Å². The van der Waals surface area contributed by atoms with E-state index in [2.05, 4.69) is 68.2 Å². The van der Waals surface area contributed by atoms with Crippen molar-refractivity contribution in [2.75, 3.05) is 0 Å². The lowest BCUT2D eigenvalue weighted by molar-refractivity contribution is 0.896. The predicted molar refractivity (Wildman–Crippen MR) is 91.8 cm³/mol. The van der Waals surface area contributed by atoms with E-state index >= 15 is 0 Å². The number of allylic oxidation sites excluding steroid dienone is 17. The molecule has 0 N–H and O–H groups in total.